The van der Waals surface area contributed by atoms with E-state index in [2.05, 4.69) is 9.97 Å². The molecule has 1 aromatic carbocycles. The minimum atomic E-state index is 0.0496. The molecule has 0 fully saturated rings. The fourth-order valence-electron chi connectivity index (χ4n) is 2.53. The molecule has 19 heavy (non-hydrogen) atoms. The number of benzene rings is 1. The summed E-state index contributed by atoms with van der Waals surface area (Å²) in [6.45, 7) is 0. The maximum absolute atomic E-state index is 11.9. The molecule has 4 heteroatoms. The first kappa shape index (κ1) is 12.4. The van der Waals surface area contributed by atoms with Crippen LogP contribution in [0.3, 0.4) is 0 Å². The Morgan fingerprint density at radius 2 is 1.95 bits per heavy atom. The van der Waals surface area contributed by atoms with Gasteiger partial charge in [-0.25, -0.2) is 4.98 Å². The number of halogens is 1. The third-order valence-corrected chi connectivity index (χ3v) is 3.81. The number of H-pyrrole nitrogens is 1. The number of aryl methyl sites for hydroxylation is 3. The Bertz CT molecular complexity index is 646. The van der Waals surface area contributed by atoms with Gasteiger partial charge in [0.05, 0.1) is 5.69 Å². The van der Waals surface area contributed by atoms with Crippen LogP contribution in [-0.2, 0) is 25.7 Å². The van der Waals surface area contributed by atoms with Crippen LogP contribution in [0.1, 0.15) is 29.1 Å². The van der Waals surface area contributed by atoms with Crippen molar-refractivity contribution in [1.29, 1.82) is 0 Å². The van der Waals surface area contributed by atoms with Crippen LogP contribution in [0.5, 0.6) is 0 Å². The largest absolute Gasteiger partial charge is 0.310 e. The third kappa shape index (κ3) is 2.71. The van der Waals surface area contributed by atoms with Crippen molar-refractivity contribution in [3.8, 4) is 0 Å². The van der Waals surface area contributed by atoms with Gasteiger partial charge in [0.25, 0.3) is 5.56 Å². The summed E-state index contributed by atoms with van der Waals surface area (Å²) in [6.07, 6.45) is 4.47. The van der Waals surface area contributed by atoms with Crippen molar-refractivity contribution in [1.82, 2.24) is 9.97 Å². The highest BCUT2D eigenvalue weighted by Gasteiger charge is 2.16. The Labute approximate surface area is 116 Å². The molecule has 1 aliphatic rings. The molecule has 0 saturated heterocycles. The van der Waals surface area contributed by atoms with Crippen LogP contribution in [0.25, 0.3) is 0 Å². The number of rotatable bonds is 3. The van der Waals surface area contributed by atoms with Gasteiger partial charge in [-0.3, -0.25) is 4.79 Å². The van der Waals surface area contributed by atoms with E-state index in [-0.39, 0.29) is 5.56 Å². The van der Waals surface area contributed by atoms with Gasteiger partial charge >= 0.3 is 0 Å². The zero-order chi connectivity index (χ0) is 13.2. The summed E-state index contributed by atoms with van der Waals surface area (Å²) in [7, 11) is 0. The average Bonchev–Trinajstić information content (AvgIpc) is 2.87. The lowest BCUT2D eigenvalue weighted by atomic mass is 10.1. The monoisotopic (exact) mass is 274 g/mol. The Hall–Kier alpha value is -1.61. The molecular weight excluding hydrogens is 260 g/mol. The van der Waals surface area contributed by atoms with Gasteiger partial charge in [0.1, 0.15) is 5.82 Å². The van der Waals surface area contributed by atoms with Gasteiger partial charge in [-0.05, 0) is 43.4 Å². The molecule has 0 saturated carbocycles. The highest BCUT2D eigenvalue weighted by atomic mass is 35.5. The zero-order valence-corrected chi connectivity index (χ0v) is 11.3. The van der Waals surface area contributed by atoms with E-state index < -0.39 is 0 Å². The van der Waals surface area contributed by atoms with E-state index >= 15 is 0 Å². The molecule has 1 heterocycles. The van der Waals surface area contributed by atoms with E-state index in [0.29, 0.717) is 0 Å². The molecule has 1 aliphatic carbocycles. The predicted octanol–water partition coefficient (Wildman–Crippen LogP) is 2.70. The van der Waals surface area contributed by atoms with E-state index in [1.165, 1.54) is 5.56 Å². The zero-order valence-electron chi connectivity index (χ0n) is 10.6. The molecule has 2 aromatic rings. The fraction of sp³-hybridized carbons (Fsp3) is 0.333. The SMILES string of the molecule is O=c1[nH]c(CCc2ccc(Cl)cc2)nc2c1CCC2. The molecule has 0 radical (unpaired) electrons. The van der Waals surface area contributed by atoms with Crippen molar-refractivity contribution in [3.05, 3.63) is 62.3 Å². The van der Waals surface area contributed by atoms with E-state index in [0.717, 1.165) is 54.2 Å². The van der Waals surface area contributed by atoms with E-state index in [4.69, 9.17) is 11.6 Å². The van der Waals surface area contributed by atoms with Gasteiger partial charge in [0, 0.05) is 17.0 Å². The molecule has 1 N–H and O–H groups in total. The first-order valence-electron chi connectivity index (χ1n) is 6.58. The second-order valence-corrected chi connectivity index (χ2v) is 5.35. The number of fused-ring (bicyclic) bond motifs is 1. The van der Waals surface area contributed by atoms with Crippen LogP contribution in [0.2, 0.25) is 5.02 Å². The highest BCUT2D eigenvalue weighted by Crippen LogP contribution is 2.16. The molecular formula is C15H15ClN2O. The second kappa shape index (κ2) is 5.17. The van der Waals surface area contributed by atoms with Crippen LogP contribution in [0.15, 0.2) is 29.1 Å². The maximum atomic E-state index is 11.9. The highest BCUT2D eigenvalue weighted by molar-refractivity contribution is 6.30. The van der Waals surface area contributed by atoms with Gasteiger partial charge in [-0.15, -0.1) is 0 Å². The molecule has 0 spiro atoms. The van der Waals surface area contributed by atoms with Crippen LogP contribution in [0, 0.1) is 0 Å². The number of nitrogens with zero attached hydrogens (tertiary/aromatic N) is 1. The molecule has 3 nitrogen and oxygen atoms in total. The quantitative estimate of drug-likeness (QED) is 0.935. The van der Waals surface area contributed by atoms with Crippen molar-refractivity contribution < 1.29 is 0 Å². The normalized spacial score (nSPS) is 13.5. The first-order valence-corrected chi connectivity index (χ1v) is 6.95. The third-order valence-electron chi connectivity index (χ3n) is 3.55. The summed E-state index contributed by atoms with van der Waals surface area (Å²) in [6, 6.07) is 7.78. The molecule has 0 atom stereocenters. The molecule has 0 unspecified atom stereocenters. The van der Waals surface area contributed by atoms with E-state index in [9.17, 15) is 4.79 Å². The first-order chi connectivity index (χ1) is 9.22. The van der Waals surface area contributed by atoms with Crippen molar-refractivity contribution in [3.63, 3.8) is 0 Å². The molecule has 98 valence electrons. The Kier molecular flexibility index (Phi) is 3.38. The number of aromatic amines is 1. The summed E-state index contributed by atoms with van der Waals surface area (Å²) >= 11 is 5.85. The van der Waals surface area contributed by atoms with E-state index in [1.807, 2.05) is 24.3 Å². The summed E-state index contributed by atoms with van der Waals surface area (Å²) < 4.78 is 0. The van der Waals surface area contributed by atoms with Gasteiger partial charge in [-0.2, -0.15) is 0 Å². The molecule has 0 bridgehead atoms. The molecule has 0 aliphatic heterocycles. The minimum Gasteiger partial charge on any atom is -0.310 e. The number of hydrogen-bond acceptors (Lipinski definition) is 2. The smallest absolute Gasteiger partial charge is 0.254 e. The summed E-state index contributed by atoms with van der Waals surface area (Å²) in [5.41, 5.74) is 3.13. The Morgan fingerprint density at radius 1 is 1.16 bits per heavy atom. The van der Waals surface area contributed by atoms with Crippen LogP contribution in [0.4, 0.5) is 0 Å². The van der Waals surface area contributed by atoms with Crippen molar-refractivity contribution in [2.75, 3.05) is 0 Å². The Morgan fingerprint density at radius 3 is 2.74 bits per heavy atom. The van der Waals surface area contributed by atoms with Gasteiger partial charge in [0.2, 0.25) is 0 Å². The average molecular weight is 275 g/mol. The number of nitrogens with one attached hydrogen (secondary N) is 1. The van der Waals surface area contributed by atoms with Crippen molar-refractivity contribution >= 4 is 11.6 Å². The summed E-state index contributed by atoms with van der Waals surface area (Å²) in [5, 5.41) is 0.743. The van der Waals surface area contributed by atoms with Gasteiger partial charge in [-0.1, -0.05) is 23.7 Å². The van der Waals surface area contributed by atoms with Crippen LogP contribution < -0.4 is 5.56 Å². The van der Waals surface area contributed by atoms with Gasteiger partial charge < -0.3 is 4.98 Å². The second-order valence-electron chi connectivity index (χ2n) is 4.92. The van der Waals surface area contributed by atoms with Crippen LogP contribution in [-0.4, -0.2) is 9.97 Å². The lowest BCUT2D eigenvalue weighted by molar-refractivity contribution is 0.823. The summed E-state index contributed by atoms with van der Waals surface area (Å²) in [5.74, 6) is 0.792. The molecule has 1 aromatic heterocycles. The van der Waals surface area contributed by atoms with Crippen LogP contribution >= 0.6 is 11.6 Å². The summed E-state index contributed by atoms with van der Waals surface area (Å²) in [4.78, 5) is 19.3. The standard InChI is InChI=1S/C15H15ClN2O/c16-11-7-4-10(5-8-11)6-9-14-17-13-3-1-2-12(13)15(19)18-14/h4-5,7-8H,1-3,6,9H2,(H,17,18,19). The van der Waals surface area contributed by atoms with Crippen molar-refractivity contribution in [2.24, 2.45) is 0 Å². The molecule has 3 rings (SSSR count). The van der Waals surface area contributed by atoms with Crippen molar-refractivity contribution in [2.45, 2.75) is 32.1 Å². The lowest BCUT2D eigenvalue weighted by Crippen LogP contribution is -2.17. The minimum absolute atomic E-state index is 0.0496. The lowest BCUT2D eigenvalue weighted by Gasteiger charge is -2.04. The topological polar surface area (TPSA) is 45.8 Å². The molecule has 0 amide bonds. The fourth-order valence-corrected chi connectivity index (χ4v) is 2.65. The number of hydrogen-bond donors (Lipinski definition) is 1. The Balaban J connectivity index is 1.75. The predicted molar refractivity (Wildman–Crippen MR) is 75.7 cm³/mol. The number of aromatic nitrogens is 2. The van der Waals surface area contributed by atoms with E-state index in [1.54, 1.807) is 0 Å². The van der Waals surface area contributed by atoms with Gasteiger partial charge in [0.15, 0.2) is 0 Å². The maximum Gasteiger partial charge on any atom is 0.254 e.